The summed E-state index contributed by atoms with van der Waals surface area (Å²) in [5.41, 5.74) is 2.10. The second-order valence-corrected chi connectivity index (χ2v) is 9.15. The van der Waals surface area contributed by atoms with Gasteiger partial charge in [0.1, 0.15) is 5.75 Å². The largest absolute Gasteiger partial charge is 0.494 e. The number of benzene rings is 2. The van der Waals surface area contributed by atoms with E-state index in [0.717, 1.165) is 74.1 Å². The maximum atomic E-state index is 13.2. The minimum absolute atomic E-state index is 0.149. The molecule has 166 valence electrons. The number of carbonyl (C=O) groups is 1. The molecule has 31 heavy (non-hydrogen) atoms. The maximum Gasteiger partial charge on any atom is 0.255 e. The van der Waals surface area contributed by atoms with Crippen molar-refractivity contribution < 1.29 is 14.3 Å². The van der Waals surface area contributed by atoms with Crippen LogP contribution in [0.1, 0.15) is 35.7 Å². The normalized spacial score (nSPS) is 19.5. The Hall–Kier alpha value is -2.02. The summed E-state index contributed by atoms with van der Waals surface area (Å²) in [7, 11) is 0. The van der Waals surface area contributed by atoms with Crippen molar-refractivity contribution in [3.05, 3.63) is 59.7 Å². The Bertz CT molecular complexity index is 844. The van der Waals surface area contributed by atoms with E-state index < -0.39 is 0 Å². The molecule has 2 aliphatic heterocycles. The minimum Gasteiger partial charge on any atom is -0.494 e. The first-order valence-electron chi connectivity index (χ1n) is 11.3. The molecule has 0 aromatic heterocycles. The van der Waals surface area contributed by atoms with E-state index in [1.165, 1.54) is 5.56 Å². The Kier molecular flexibility index (Phi) is 7.89. The third-order valence-electron chi connectivity index (χ3n) is 5.87. The van der Waals surface area contributed by atoms with Gasteiger partial charge in [-0.1, -0.05) is 24.3 Å². The molecule has 1 unspecified atom stereocenters. The molecule has 4 rings (SSSR count). The number of amides is 1. The highest BCUT2D eigenvalue weighted by atomic mass is 32.2. The Morgan fingerprint density at radius 1 is 1.10 bits per heavy atom. The zero-order valence-corrected chi connectivity index (χ0v) is 19.1. The first-order valence-corrected chi connectivity index (χ1v) is 12.3. The van der Waals surface area contributed by atoms with E-state index in [4.69, 9.17) is 9.47 Å². The van der Waals surface area contributed by atoms with Gasteiger partial charge in [0.2, 0.25) is 0 Å². The van der Waals surface area contributed by atoms with E-state index in [0.29, 0.717) is 12.7 Å². The fraction of sp³-hybridized carbons (Fsp3) is 0.480. The van der Waals surface area contributed by atoms with Gasteiger partial charge in [-0.2, -0.15) is 0 Å². The summed E-state index contributed by atoms with van der Waals surface area (Å²) in [6.07, 6.45) is 2.59. The zero-order chi connectivity index (χ0) is 21.5. The van der Waals surface area contributed by atoms with Crippen LogP contribution in [-0.2, 0) is 11.3 Å². The predicted octanol–water partition coefficient (Wildman–Crippen LogP) is 4.31. The van der Waals surface area contributed by atoms with Crippen molar-refractivity contribution >= 4 is 17.7 Å². The van der Waals surface area contributed by atoms with Crippen molar-refractivity contribution in [3.8, 4) is 5.75 Å². The van der Waals surface area contributed by atoms with Crippen LogP contribution in [0, 0.1) is 0 Å². The number of piperazine rings is 1. The van der Waals surface area contributed by atoms with Crippen molar-refractivity contribution in [3.63, 3.8) is 0 Å². The van der Waals surface area contributed by atoms with Crippen LogP contribution in [0.25, 0.3) is 0 Å². The molecule has 0 spiro atoms. The minimum atomic E-state index is 0.149. The van der Waals surface area contributed by atoms with Crippen LogP contribution in [0.4, 0.5) is 0 Å². The third-order valence-corrected chi connectivity index (χ3v) is 7.07. The molecule has 0 saturated carbocycles. The topological polar surface area (TPSA) is 42.0 Å². The molecule has 2 aliphatic rings. The van der Waals surface area contributed by atoms with Crippen LogP contribution in [0.5, 0.6) is 5.75 Å². The fourth-order valence-electron chi connectivity index (χ4n) is 4.12. The third kappa shape index (κ3) is 6.03. The van der Waals surface area contributed by atoms with Crippen LogP contribution < -0.4 is 4.74 Å². The molecular formula is C25H32N2O3S. The first kappa shape index (κ1) is 22.2. The summed E-state index contributed by atoms with van der Waals surface area (Å²) in [6, 6.07) is 16.3. The lowest BCUT2D eigenvalue weighted by Gasteiger charge is -2.35. The van der Waals surface area contributed by atoms with Gasteiger partial charge in [0.15, 0.2) is 0 Å². The second kappa shape index (κ2) is 11.0. The van der Waals surface area contributed by atoms with E-state index >= 15 is 0 Å². The van der Waals surface area contributed by atoms with Gasteiger partial charge in [0.05, 0.1) is 18.3 Å². The molecule has 1 atom stereocenters. The first-order chi connectivity index (χ1) is 15.2. The highest BCUT2D eigenvalue weighted by Crippen LogP contribution is 2.28. The zero-order valence-electron chi connectivity index (χ0n) is 18.3. The molecule has 0 N–H and O–H groups in total. The van der Waals surface area contributed by atoms with Gasteiger partial charge in [0, 0.05) is 50.0 Å². The molecule has 0 aliphatic carbocycles. The summed E-state index contributed by atoms with van der Waals surface area (Å²) in [5.74, 6) is 1.98. The molecule has 2 heterocycles. The molecule has 1 amide bonds. The molecule has 2 fully saturated rings. The van der Waals surface area contributed by atoms with Crippen molar-refractivity contribution in [1.82, 2.24) is 9.80 Å². The average Bonchev–Trinajstić information content (AvgIpc) is 3.33. The smallest absolute Gasteiger partial charge is 0.255 e. The Morgan fingerprint density at radius 2 is 1.87 bits per heavy atom. The van der Waals surface area contributed by atoms with Crippen molar-refractivity contribution in [1.29, 1.82) is 0 Å². The molecule has 0 bridgehead atoms. The number of rotatable bonds is 8. The Labute approximate surface area is 189 Å². The predicted molar refractivity (Wildman–Crippen MR) is 125 cm³/mol. The molecule has 0 radical (unpaired) electrons. The van der Waals surface area contributed by atoms with Crippen LogP contribution >= 0.6 is 11.8 Å². The highest BCUT2D eigenvalue weighted by molar-refractivity contribution is 7.99. The molecule has 2 aromatic rings. The van der Waals surface area contributed by atoms with E-state index in [1.807, 2.05) is 42.2 Å². The Morgan fingerprint density at radius 3 is 2.58 bits per heavy atom. The SMILES string of the molecule is CCOc1ccc(CN2CCN(C(=O)c3ccccc3SCC3CCCO3)CC2)cc1. The van der Waals surface area contributed by atoms with E-state index in [2.05, 4.69) is 23.1 Å². The Balaban J connectivity index is 1.30. The summed E-state index contributed by atoms with van der Waals surface area (Å²) in [6.45, 7) is 7.77. The summed E-state index contributed by atoms with van der Waals surface area (Å²) >= 11 is 1.75. The number of carbonyl (C=O) groups excluding carboxylic acids is 1. The summed E-state index contributed by atoms with van der Waals surface area (Å²) in [4.78, 5) is 18.7. The summed E-state index contributed by atoms with van der Waals surface area (Å²) in [5, 5.41) is 0. The van der Waals surface area contributed by atoms with Crippen molar-refractivity contribution in [2.45, 2.75) is 37.3 Å². The van der Waals surface area contributed by atoms with Crippen LogP contribution in [0.15, 0.2) is 53.4 Å². The molecular weight excluding hydrogens is 408 g/mol. The van der Waals surface area contributed by atoms with Crippen molar-refractivity contribution in [2.24, 2.45) is 0 Å². The second-order valence-electron chi connectivity index (χ2n) is 8.09. The van der Waals surface area contributed by atoms with Gasteiger partial charge >= 0.3 is 0 Å². The van der Waals surface area contributed by atoms with Gasteiger partial charge in [-0.3, -0.25) is 9.69 Å². The number of hydrogen-bond acceptors (Lipinski definition) is 5. The fourth-order valence-corrected chi connectivity index (χ4v) is 5.24. The standard InChI is InChI=1S/C25H32N2O3S/c1-2-29-21-11-9-20(10-12-21)18-26-13-15-27(16-14-26)25(28)23-7-3-4-8-24(23)31-19-22-6-5-17-30-22/h3-4,7-12,22H,2,5-6,13-19H2,1H3. The van der Waals surface area contributed by atoms with Crippen LogP contribution in [-0.4, -0.2) is 67.0 Å². The number of ether oxygens (including phenoxy) is 2. The highest BCUT2D eigenvalue weighted by Gasteiger charge is 2.24. The van der Waals surface area contributed by atoms with E-state index in [-0.39, 0.29) is 5.91 Å². The molecule has 6 heteroatoms. The van der Waals surface area contributed by atoms with Crippen molar-refractivity contribution in [2.75, 3.05) is 45.1 Å². The van der Waals surface area contributed by atoms with Crippen LogP contribution in [0.2, 0.25) is 0 Å². The molecule has 2 aromatic carbocycles. The van der Waals surface area contributed by atoms with Gasteiger partial charge in [-0.25, -0.2) is 0 Å². The molecule has 5 nitrogen and oxygen atoms in total. The maximum absolute atomic E-state index is 13.2. The monoisotopic (exact) mass is 440 g/mol. The van der Waals surface area contributed by atoms with Gasteiger partial charge in [-0.15, -0.1) is 11.8 Å². The van der Waals surface area contributed by atoms with E-state index in [1.54, 1.807) is 11.8 Å². The quantitative estimate of drug-likeness (QED) is 0.572. The average molecular weight is 441 g/mol. The lowest BCUT2D eigenvalue weighted by Crippen LogP contribution is -2.48. The lowest BCUT2D eigenvalue weighted by atomic mass is 10.1. The summed E-state index contributed by atoms with van der Waals surface area (Å²) < 4.78 is 11.3. The number of thioether (sulfide) groups is 1. The van der Waals surface area contributed by atoms with Gasteiger partial charge in [0.25, 0.3) is 5.91 Å². The lowest BCUT2D eigenvalue weighted by molar-refractivity contribution is 0.0625. The van der Waals surface area contributed by atoms with E-state index in [9.17, 15) is 4.79 Å². The number of hydrogen-bond donors (Lipinski definition) is 0. The van der Waals surface area contributed by atoms with Gasteiger partial charge < -0.3 is 14.4 Å². The number of nitrogens with zero attached hydrogens (tertiary/aromatic N) is 2. The van der Waals surface area contributed by atoms with Crippen LogP contribution in [0.3, 0.4) is 0 Å². The van der Waals surface area contributed by atoms with Gasteiger partial charge in [-0.05, 0) is 49.6 Å². The molecule has 2 saturated heterocycles.